The Morgan fingerprint density at radius 1 is 1.26 bits per heavy atom. The van der Waals surface area contributed by atoms with Gasteiger partial charge < -0.3 is 9.84 Å². The fourth-order valence-corrected chi connectivity index (χ4v) is 3.31. The van der Waals surface area contributed by atoms with E-state index in [1.54, 1.807) is 0 Å². The Morgan fingerprint density at radius 2 is 2.07 bits per heavy atom. The summed E-state index contributed by atoms with van der Waals surface area (Å²) in [5.41, 5.74) is 1.78. The first-order valence-corrected chi connectivity index (χ1v) is 9.86. The number of carbonyl (C=O) groups excluding carboxylic acids is 1. The van der Waals surface area contributed by atoms with Crippen LogP contribution in [0.3, 0.4) is 0 Å². The van der Waals surface area contributed by atoms with Crippen LogP contribution in [0.2, 0.25) is 5.02 Å². The number of nitrogens with one attached hydrogen (secondary N) is 1. The zero-order chi connectivity index (χ0) is 19.2. The molecule has 0 aliphatic heterocycles. The van der Waals surface area contributed by atoms with Gasteiger partial charge in [-0.3, -0.25) is 4.79 Å². The molecule has 1 heterocycles. The van der Waals surface area contributed by atoms with Crippen molar-refractivity contribution in [2.75, 3.05) is 0 Å². The van der Waals surface area contributed by atoms with E-state index in [1.807, 2.05) is 55.5 Å². The molecule has 1 amide bonds. The molecule has 0 fully saturated rings. The van der Waals surface area contributed by atoms with E-state index in [9.17, 15) is 4.79 Å². The van der Waals surface area contributed by atoms with Crippen LogP contribution in [0.4, 0.5) is 0 Å². The quantitative estimate of drug-likeness (QED) is 0.529. The molecule has 0 spiro atoms. The molecule has 2 aromatic carbocycles. The number of benzene rings is 2. The Labute approximate surface area is 171 Å². The predicted molar refractivity (Wildman–Crippen MR) is 108 cm³/mol. The van der Waals surface area contributed by atoms with Crippen molar-refractivity contribution in [3.8, 4) is 11.5 Å². The number of rotatable bonds is 7. The first-order valence-electron chi connectivity index (χ1n) is 8.69. The predicted octanol–water partition coefficient (Wildman–Crippen LogP) is 5.35. The van der Waals surface area contributed by atoms with Gasteiger partial charge in [0.1, 0.15) is 0 Å². The number of carbonyl (C=O) groups is 1. The maximum absolute atomic E-state index is 12.3. The van der Waals surface area contributed by atoms with Gasteiger partial charge in [0.05, 0.1) is 6.04 Å². The van der Waals surface area contributed by atoms with E-state index >= 15 is 0 Å². The topological polar surface area (TPSA) is 68.0 Å². The fraction of sp³-hybridized carbons (Fsp3) is 0.250. The highest BCUT2D eigenvalue weighted by molar-refractivity contribution is 9.10. The number of aryl methyl sites for hydroxylation is 1. The van der Waals surface area contributed by atoms with Gasteiger partial charge in [0.15, 0.2) is 5.82 Å². The van der Waals surface area contributed by atoms with Gasteiger partial charge in [-0.15, -0.1) is 0 Å². The summed E-state index contributed by atoms with van der Waals surface area (Å²) in [6, 6.07) is 14.9. The highest BCUT2D eigenvalue weighted by Crippen LogP contribution is 2.24. The smallest absolute Gasteiger partial charge is 0.258 e. The van der Waals surface area contributed by atoms with Crippen LogP contribution >= 0.6 is 27.5 Å². The van der Waals surface area contributed by atoms with Crippen LogP contribution in [0.15, 0.2) is 57.5 Å². The molecule has 0 radical (unpaired) electrons. The summed E-state index contributed by atoms with van der Waals surface area (Å²) in [7, 11) is 0. The molecule has 140 valence electrons. The van der Waals surface area contributed by atoms with Gasteiger partial charge in [-0.2, -0.15) is 4.98 Å². The molecule has 5 nitrogen and oxygen atoms in total. The van der Waals surface area contributed by atoms with Crippen LogP contribution in [-0.4, -0.2) is 16.0 Å². The first kappa shape index (κ1) is 19.6. The largest absolute Gasteiger partial charge is 0.346 e. The van der Waals surface area contributed by atoms with Crippen LogP contribution in [0.25, 0.3) is 11.5 Å². The third kappa shape index (κ3) is 5.17. The summed E-state index contributed by atoms with van der Waals surface area (Å²) < 4.78 is 6.29. The Kier molecular flexibility index (Phi) is 6.63. The highest BCUT2D eigenvalue weighted by Gasteiger charge is 2.19. The third-order valence-electron chi connectivity index (χ3n) is 4.15. The first-order chi connectivity index (χ1) is 13.1. The number of hydrogen-bond acceptors (Lipinski definition) is 4. The van der Waals surface area contributed by atoms with Gasteiger partial charge in [-0.05, 0) is 42.7 Å². The molecule has 0 saturated carbocycles. The normalized spacial score (nSPS) is 12.0. The Balaban J connectivity index is 1.63. The van der Waals surface area contributed by atoms with E-state index < -0.39 is 0 Å². The van der Waals surface area contributed by atoms with Gasteiger partial charge >= 0.3 is 0 Å². The van der Waals surface area contributed by atoms with E-state index in [-0.39, 0.29) is 11.9 Å². The molecule has 0 aliphatic carbocycles. The van der Waals surface area contributed by atoms with Gasteiger partial charge in [-0.25, -0.2) is 0 Å². The summed E-state index contributed by atoms with van der Waals surface area (Å²) in [6.07, 6.45) is 1.59. The lowest BCUT2D eigenvalue weighted by molar-refractivity contribution is -0.121. The SMILES string of the molecule is CC[C@@H](NC(=O)CCc1ccccc1Cl)c1noc(-c2cccc(Br)c2)n1. The summed E-state index contributed by atoms with van der Waals surface area (Å²) in [6.45, 7) is 1.97. The van der Waals surface area contributed by atoms with E-state index in [1.165, 1.54) is 0 Å². The molecule has 0 aliphatic rings. The molecule has 1 N–H and O–H groups in total. The summed E-state index contributed by atoms with van der Waals surface area (Å²) in [5, 5.41) is 7.69. The number of aromatic nitrogens is 2. The number of hydrogen-bond donors (Lipinski definition) is 1. The van der Waals surface area contributed by atoms with E-state index in [2.05, 4.69) is 31.4 Å². The molecular formula is C20H19BrClN3O2. The van der Waals surface area contributed by atoms with Gasteiger partial charge in [0.2, 0.25) is 5.91 Å². The monoisotopic (exact) mass is 447 g/mol. The molecule has 0 unspecified atom stereocenters. The Bertz CT molecular complexity index is 929. The lowest BCUT2D eigenvalue weighted by Gasteiger charge is -2.13. The summed E-state index contributed by atoms with van der Waals surface area (Å²) in [4.78, 5) is 16.8. The number of halogens is 2. The Morgan fingerprint density at radius 3 is 2.81 bits per heavy atom. The van der Waals surface area contributed by atoms with Crippen molar-refractivity contribution in [2.24, 2.45) is 0 Å². The molecule has 0 bridgehead atoms. The van der Waals surface area contributed by atoms with Crippen molar-refractivity contribution in [1.29, 1.82) is 0 Å². The van der Waals surface area contributed by atoms with Crippen LogP contribution in [0.1, 0.15) is 37.2 Å². The van der Waals surface area contributed by atoms with Crippen molar-refractivity contribution in [3.05, 3.63) is 69.4 Å². The van der Waals surface area contributed by atoms with Gasteiger partial charge in [-0.1, -0.05) is 63.9 Å². The lowest BCUT2D eigenvalue weighted by Crippen LogP contribution is -2.29. The van der Waals surface area contributed by atoms with Crippen molar-refractivity contribution < 1.29 is 9.32 Å². The van der Waals surface area contributed by atoms with Crippen LogP contribution < -0.4 is 5.32 Å². The highest BCUT2D eigenvalue weighted by atomic mass is 79.9. The zero-order valence-corrected chi connectivity index (χ0v) is 17.1. The summed E-state index contributed by atoms with van der Waals surface area (Å²) in [5.74, 6) is 0.823. The molecule has 27 heavy (non-hydrogen) atoms. The number of nitrogens with zero attached hydrogens (tertiary/aromatic N) is 2. The molecule has 3 rings (SSSR count). The summed E-state index contributed by atoms with van der Waals surface area (Å²) >= 11 is 9.57. The van der Waals surface area contributed by atoms with Crippen LogP contribution in [-0.2, 0) is 11.2 Å². The molecule has 3 aromatic rings. The standard InChI is InChI=1S/C20H19BrClN3O2/c1-2-17(23-18(26)11-10-13-6-3-4-9-16(13)22)19-24-20(27-25-19)14-7-5-8-15(21)12-14/h3-9,12,17H,2,10-11H2,1H3,(H,23,26)/t17-/m1/s1. The average Bonchev–Trinajstić information content (AvgIpc) is 3.15. The molecule has 1 atom stereocenters. The van der Waals surface area contributed by atoms with Crippen LogP contribution in [0.5, 0.6) is 0 Å². The van der Waals surface area contributed by atoms with E-state index in [0.29, 0.717) is 36.0 Å². The lowest BCUT2D eigenvalue weighted by atomic mass is 10.1. The molecule has 7 heteroatoms. The molecule has 1 aromatic heterocycles. The van der Waals surface area contributed by atoms with Gasteiger partial charge in [0, 0.05) is 21.5 Å². The molecule has 0 saturated heterocycles. The van der Waals surface area contributed by atoms with Crippen molar-refractivity contribution in [1.82, 2.24) is 15.5 Å². The van der Waals surface area contributed by atoms with Crippen molar-refractivity contribution in [2.45, 2.75) is 32.2 Å². The third-order valence-corrected chi connectivity index (χ3v) is 5.01. The maximum atomic E-state index is 12.3. The van der Waals surface area contributed by atoms with Crippen molar-refractivity contribution in [3.63, 3.8) is 0 Å². The second kappa shape index (κ2) is 9.15. The van der Waals surface area contributed by atoms with Crippen LogP contribution in [0, 0.1) is 0 Å². The minimum Gasteiger partial charge on any atom is -0.346 e. The minimum atomic E-state index is -0.298. The minimum absolute atomic E-state index is 0.0735. The zero-order valence-electron chi connectivity index (χ0n) is 14.8. The van der Waals surface area contributed by atoms with E-state index in [4.69, 9.17) is 16.1 Å². The average molecular weight is 449 g/mol. The fourth-order valence-electron chi connectivity index (χ4n) is 2.68. The van der Waals surface area contributed by atoms with Gasteiger partial charge in [0.25, 0.3) is 5.89 Å². The second-order valence-corrected chi connectivity index (χ2v) is 7.41. The number of amides is 1. The maximum Gasteiger partial charge on any atom is 0.258 e. The molecular weight excluding hydrogens is 430 g/mol. The van der Waals surface area contributed by atoms with E-state index in [0.717, 1.165) is 15.6 Å². The second-order valence-electron chi connectivity index (χ2n) is 6.09. The Hall–Kier alpha value is -2.18. The van der Waals surface area contributed by atoms with Crippen molar-refractivity contribution >= 4 is 33.4 Å².